The van der Waals surface area contributed by atoms with Crippen LogP contribution in [0.2, 0.25) is 5.02 Å². The first kappa shape index (κ1) is 28.3. The van der Waals surface area contributed by atoms with E-state index in [9.17, 15) is 4.79 Å². The van der Waals surface area contributed by atoms with E-state index in [0.717, 1.165) is 27.1 Å². The van der Waals surface area contributed by atoms with Gasteiger partial charge in [0.05, 0.1) is 0 Å². The molecular weight excluding hydrogens is 548 g/mol. The van der Waals surface area contributed by atoms with Crippen LogP contribution in [0, 0.1) is 0 Å². The van der Waals surface area contributed by atoms with E-state index in [4.69, 9.17) is 23.2 Å². The monoisotopic (exact) mass is 572 g/mol. The molecule has 0 saturated heterocycles. The van der Waals surface area contributed by atoms with Crippen LogP contribution in [0.15, 0.2) is 125 Å². The summed E-state index contributed by atoms with van der Waals surface area (Å²) in [6.45, 7) is 2.05. The Kier molecular flexibility index (Phi) is 10.5. The third-order valence-electron chi connectivity index (χ3n) is 5.56. The van der Waals surface area contributed by atoms with Crippen molar-refractivity contribution < 1.29 is 4.79 Å². The Hall–Kier alpha value is -2.26. The zero-order valence-corrected chi connectivity index (χ0v) is 23.6. The first-order chi connectivity index (χ1) is 17.1. The third kappa shape index (κ3) is 5.99. The van der Waals surface area contributed by atoms with E-state index in [0.29, 0.717) is 15.0 Å². The molecule has 0 heterocycles. The summed E-state index contributed by atoms with van der Waals surface area (Å²) in [5.41, 5.74) is 1.25. The van der Waals surface area contributed by atoms with Crippen molar-refractivity contribution >= 4 is 76.5 Å². The number of amides is 1. The molecule has 0 aliphatic heterocycles. The lowest BCUT2D eigenvalue weighted by atomic mass is 10.2. The second kappa shape index (κ2) is 13.3. The van der Waals surface area contributed by atoms with E-state index in [1.54, 1.807) is 24.3 Å². The standard InChI is InChI=1S/C29H24Cl2NOPS.ClH/c1-2-35-27(31)29(32-28(33)22-18-20-23(30)21-19-22)34(24-12-6-3-7-13-24,25-14-8-4-9-15-25)26-16-10-5-11-17-26;/h3-21H,2H2,1H3;1H/p+1/b29-27-;. The SMILES string of the molecule is CCS/C(Cl)=C(/NC(=O)c1ccc(Cl)cc1)[P+](c1ccccc1)(c1ccccc1)c1ccccc1.Cl. The minimum atomic E-state index is -2.56. The van der Waals surface area contributed by atoms with Crippen molar-refractivity contribution in [1.82, 2.24) is 5.32 Å². The maximum absolute atomic E-state index is 13.6. The molecule has 0 fully saturated rings. The number of carbonyl (C=O) groups is 1. The fraction of sp³-hybridized carbons (Fsp3) is 0.0690. The van der Waals surface area contributed by atoms with Crippen molar-refractivity contribution in [1.29, 1.82) is 0 Å². The van der Waals surface area contributed by atoms with Crippen LogP contribution in [0.5, 0.6) is 0 Å². The van der Waals surface area contributed by atoms with Crippen molar-refractivity contribution in [3.05, 3.63) is 136 Å². The van der Waals surface area contributed by atoms with E-state index in [1.165, 1.54) is 11.8 Å². The van der Waals surface area contributed by atoms with E-state index in [1.807, 2.05) is 54.6 Å². The summed E-state index contributed by atoms with van der Waals surface area (Å²) < 4.78 is 0.583. The van der Waals surface area contributed by atoms with Crippen LogP contribution in [-0.2, 0) is 0 Å². The van der Waals surface area contributed by atoms with Crippen LogP contribution in [-0.4, -0.2) is 11.7 Å². The molecule has 2 nitrogen and oxygen atoms in total. The summed E-state index contributed by atoms with van der Waals surface area (Å²) in [7, 11) is -2.56. The zero-order chi connectivity index (χ0) is 24.7. The van der Waals surface area contributed by atoms with Gasteiger partial charge in [-0.05, 0) is 66.4 Å². The Labute approximate surface area is 233 Å². The molecule has 0 aromatic heterocycles. The van der Waals surface area contributed by atoms with Gasteiger partial charge in [0.15, 0.2) is 7.26 Å². The predicted molar refractivity (Wildman–Crippen MR) is 162 cm³/mol. The average Bonchev–Trinajstić information content (AvgIpc) is 2.91. The molecule has 184 valence electrons. The van der Waals surface area contributed by atoms with E-state index < -0.39 is 7.26 Å². The van der Waals surface area contributed by atoms with Gasteiger partial charge < -0.3 is 0 Å². The number of carbonyl (C=O) groups excluding carboxylic acids is 1. The number of halogens is 3. The van der Waals surface area contributed by atoms with E-state index in [2.05, 4.69) is 48.6 Å². The Bertz CT molecular complexity index is 1200. The van der Waals surface area contributed by atoms with Gasteiger partial charge in [0.1, 0.15) is 20.3 Å². The van der Waals surface area contributed by atoms with Crippen LogP contribution >= 0.6 is 54.6 Å². The van der Waals surface area contributed by atoms with Gasteiger partial charge in [0.2, 0.25) is 5.44 Å². The van der Waals surface area contributed by atoms with Gasteiger partial charge >= 0.3 is 0 Å². The Morgan fingerprint density at radius 2 is 1.17 bits per heavy atom. The molecule has 7 heteroatoms. The number of hydrogen-bond acceptors (Lipinski definition) is 2. The summed E-state index contributed by atoms with van der Waals surface area (Å²) in [5.74, 6) is 0.552. The van der Waals surface area contributed by atoms with Crippen molar-refractivity contribution in [3.63, 3.8) is 0 Å². The van der Waals surface area contributed by atoms with Crippen molar-refractivity contribution in [3.8, 4) is 0 Å². The molecule has 0 bridgehead atoms. The molecule has 0 unspecified atom stereocenters. The van der Waals surface area contributed by atoms with E-state index >= 15 is 0 Å². The largest absolute Gasteiger partial charge is 0.290 e. The molecule has 0 saturated carbocycles. The molecule has 4 aromatic rings. The molecule has 36 heavy (non-hydrogen) atoms. The first-order valence-corrected chi connectivity index (χ1v) is 14.8. The fourth-order valence-electron chi connectivity index (χ4n) is 4.03. The quantitative estimate of drug-likeness (QED) is 0.220. The molecule has 1 N–H and O–H groups in total. The van der Waals surface area contributed by atoms with Crippen LogP contribution in [0.4, 0.5) is 0 Å². The minimum absolute atomic E-state index is 0. The highest BCUT2D eigenvalue weighted by Gasteiger charge is 2.52. The van der Waals surface area contributed by atoms with Crippen LogP contribution in [0.3, 0.4) is 0 Å². The van der Waals surface area contributed by atoms with Gasteiger partial charge in [-0.25, -0.2) is 0 Å². The smallest absolute Gasteiger partial charge is 0.258 e. The lowest BCUT2D eigenvalue weighted by Crippen LogP contribution is -2.38. The van der Waals surface area contributed by atoms with Crippen molar-refractivity contribution in [2.75, 3.05) is 5.75 Å². The zero-order valence-electron chi connectivity index (χ0n) is 19.6. The summed E-state index contributed by atoms with van der Waals surface area (Å²) in [6, 6.07) is 37.9. The Morgan fingerprint density at radius 3 is 1.56 bits per heavy atom. The van der Waals surface area contributed by atoms with Crippen LogP contribution < -0.4 is 21.2 Å². The van der Waals surface area contributed by atoms with Crippen molar-refractivity contribution in [2.24, 2.45) is 0 Å². The summed E-state index contributed by atoms with van der Waals surface area (Å²) in [6.07, 6.45) is 0. The number of thioether (sulfide) groups is 1. The summed E-state index contributed by atoms with van der Waals surface area (Å²) in [5, 5.41) is 7.18. The molecule has 0 spiro atoms. The molecular formula is C29H26Cl3NOPS+. The molecule has 4 rings (SSSR count). The Morgan fingerprint density at radius 1 is 0.750 bits per heavy atom. The number of hydrogen-bond donors (Lipinski definition) is 1. The van der Waals surface area contributed by atoms with Crippen LogP contribution in [0.1, 0.15) is 17.3 Å². The molecule has 1 amide bonds. The maximum atomic E-state index is 13.6. The first-order valence-electron chi connectivity index (χ1n) is 11.2. The van der Waals surface area contributed by atoms with Gasteiger partial charge in [-0.15, -0.1) is 24.2 Å². The fourth-order valence-corrected chi connectivity index (χ4v) is 10.0. The normalized spacial score (nSPS) is 11.8. The lowest BCUT2D eigenvalue weighted by Gasteiger charge is -2.30. The Balaban J connectivity index is 0.00000361. The second-order valence-electron chi connectivity index (χ2n) is 7.69. The third-order valence-corrected chi connectivity index (χ3v) is 11.6. The molecule has 0 aliphatic rings. The van der Waals surface area contributed by atoms with E-state index in [-0.39, 0.29) is 18.3 Å². The molecule has 0 atom stereocenters. The van der Waals surface area contributed by atoms with Gasteiger partial charge in [0, 0.05) is 10.6 Å². The van der Waals surface area contributed by atoms with Crippen LogP contribution in [0.25, 0.3) is 0 Å². The molecule has 0 aliphatic carbocycles. The summed E-state index contributed by atoms with van der Waals surface area (Å²) in [4.78, 5) is 13.6. The number of rotatable bonds is 8. The highest BCUT2D eigenvalue weighted by molar-refractivity contribution is 8.06. The highest BCUT2D eigenvalue weighted by atomic mass is 35.5. The van der Waals surface area contributed by atoms with Gasteiger partial charge in [-0.2, -0.15) is 0 Å². The maximum Gasteiger partial charge on any atom is 0.258 e. The number of nitrogens with one attached hydrogen (secondary N) is 1. The topological polar surface area (TPSA) is 29.1 Å². The number of benzene rings is 4. The predicted octanol–water partition coefficient (Wildman–Crippen LogP) is 7.60. The van der Waals surface area contributed by atoms with Crippen molar-refractivity contribution in [2.45, 2.75) is 6.92 Å². The van der Waals surface area contributed by atoms with Gasteiger partial charge in [0.25, 0.3) is 5.91 Å². The molecule has 0 radical (unpaired) electrons. The molecule has 4 aromatic carbocycles. The minimum Gasteiger partial charge on any atom is -0.290 e. The highest BCUT2D eigenvalue weighted by Crippen LogP contribution is 2.63. The second-order valence-corrected chi connectivity index (χ2v) is 13.3. The lowest BCUT2D eigenvalue weighted by molar-refractivity contribution is 0.0968. The average molecular weight is 574 g/mol. The van der Waals surface area contributed by atoms with Gasteiger partial charge in [-0.3, -0.25) is 10.1 Å². The summed E-state index contributed by atoms with van der Waals surface area (Å²) >= 11 is 14.7. The van der Waals surface area contributed by atoms with Gasteiger partial charge in [-0.1, -0.05) is 84.7 Å².